The van der Waals surface area contributed by atoms with Gasteiger partial charge in [-0.15, -0.1) is 0 Å². The lowest BCUT2D eigenvalue weighted by Crippen LogP contribution is -1.69. The fraction of sp³-hybridized carbons (Fsp3) is 0.167. The van der Waals surface area contributed by atoms with Gasteiger partial charge in [0, 0.05) is 12.4 Å². The molecule has 1 heteroatoms. The lowest BCUT2D eigenvalue weighted by atomic mass is 10.3. The summed E-state index contributed by atoms with van der Waals surface area (Å²) in [5, 5.41) is 0. The van der Waals surface area contributed by atoms with E-state index in [1.807, 2.05) is 6.92 Å². The van der Waals surface area contributed by atoms with Gasteiger partial charge in [0.2, 0.25) is 0 Å². The second-order valence-electron chi connectivity index (χ2n) is 1.42. The summed E-state index contributed by atoms with van der Waals surface area (Å²) in [6, 6.07) is 2.23. The molecule has 0 unspecified atom stereocenters. The van der Waals surface area contributed by atoms with Gasteiger partial charge in [-0.1, -0.05) is 6.04 Å². The van der Waals surface area contributed by atoms with Gasteiger partial charge in [-0.2, -0.15) is 0 Å². The molecule has 1 rings (SSSR count). The topological polar surface area (TPSA) is 12.9 Å². The third kappa shape index (κ3) is 1.000. The number of rotatable bonds is 0. The van der Waals surface area contributed by atoms with E-state index < -0.39 is 0 Å². The van der Waals surface area contributed by atoms with Crippen LogP contribution in [-0.4, -0.2) is 4.98 Å². The highest BCUT2D eigenvalue weighted by molar-refractivity contribution is 5.04. The zero-order valence-corrected chi connectivity index (χ0v) is 4.18. The van der Waals surface area contributed by atoms with Gasteiger partial charge in [0.1, 0.15) is 0 Å². The Bertz CT molecular complexity index is 165. The standard InChI is InChI=1S/C6H7N/c1-6-3-2-4-7-5-6/h2-5H,1H3/i3D. The van der Waals surface area contributed by atoms with E-state index >= 15 is 0 Å². The summed E-state index contributed by atoms with van der Waals surface area (Å²) >= 11 is 0. The van der Waals surface area contributed by atoms with Crippen LogP contribution in [0.1, 0.15) is 6.93 Å². The first kappa shape index (κ1) is 3.19. The summed E-state index contributed by atoms with van der Waals surface area (Å²) in [6.07, 6.45) is 3.30. The highest BCUT2D eigenvalue weighted by Gasteiger charge is 1.73. The van der Waals surface area contributed by atoms with Crippen molar-refractivity contribution in [1.82, 2.24) is 4.98 Å². The molecular weight excluding hydrogens is 86.1 g/mol. The van der Waals surface area contributed by atoms with Crippen LogP contribution in [0.5, 0.6) is 0 Å². The second kappa shape index (κ2) is 1.73. The molecule has 36 valence electrons. The molecular formula is C6H7N. The van der Waals surface area contributed by atoms with Gasteiger partial charge in [0.25, 0.3) is 0 Å². The van der Waals surface area contributed by atoms with Crippen molar-refractivity contribution in [2.75, 3.05) is 0 Å². The maximum atomic E-state index is 7.18. The zero-order valence-electron chi connectivity index (χ0n) is 5.18. The maximum absolute atomic E-state index is 7.18. The Balaban J connectivity index is 3.13. The minimum Gasteiger partial charge on any atom is -0.264 e. The van der Waals surface area contributed by atoms with Crippen LogP contribution in [0.4, 0.5) is 0 Å². The highest BCUT2D eigenvalue weighted by atomic mass is 14.6. The second-order valence-corrected chi connectivity index (χ2v) is 1.42. The Labute approximate surface area is 44.4 Å². The van der Waals surface area contributed by atoms with Crippen molar-refractivity contribution in [2.45, 2.75) is 6.92 Å². The fourth-order valence-electron chi connectivity index (χ4n) is 0.404. The molecule has 0 saturated carbocycles. The SMILES string of the molecule is [2H]c1ccncc1C. The lowest BCUT2D eigenvalue weighted by molar-refractivity contribution is 1.27. The van der Waals surface area contributed by atoms with Gasteiger partial charge in [-0.25, -0.2) is 0 Å². The van der Waals surface area contributed by atoms with Crippen molar-refractivity contribution in [2.24, 2.45) is 0 Å². The molecule has 0 bridgehead atoms. The number of hydrogen-bond acceptors (Lipinski definition) is 1. The number of aromatic nitrogens is 1. The van der Waals surface area contributed by atoms with E-state index in [2.05, 4.69) is 4.98 Å². The van der Waals surface area contributed by atoms with Gasteiger partial charge in [0.05, 0.1) is 1.37 Å². The van der Waals surface area contributed by atoms with E-state index in [4.69, 9.17) is 1.37 Å². The molecule has 0 amide bonds. The number of nitrogens with zero attached hydrogens (tertiary/aromatic N) is 1. The van der Waals surface area contributed by atoms with Crippen molar-refractivity contribution < 1.29 is 1.37 Å². The molecule has 0 aliphatic carbocycles. The number of pyridine rings is 1. The third-order valence-electron chi connectivity index (χ3n) is 0.740. The largest absolute Gasteiger partial charge is 0.264 e. The van der Waals surface area contributed by atoms with Gasteiger partial charge in [-0.05, 0) is 18.6 Å². The minimum atomic E-state index is 0.556. The van der Waals surface area contributed by atoms with Crippen LogP contribution in [0.2, 0.25) is 0 Å². The summed E-state index contributed by atoms with van der Waals surface area (Å²) in [7, 11) is 0. The lowest BCUT2D eigenvalue weighted by Gasteiger charge is -1.82. The molecule has 0 aliphatic heterocycles. The Morgan fingerprint density at radius 2 is 2.71 bits per heavy atom. The maximum Gasteiger partial charge on any atom is 0.0627 e. The monoisotopic (exact) mass is 94.1 g/mol. The van der Waals surface area contributed by atoms with E-state index in [-0.39, 0.29) is 0 Å². The zero-order chi connectivity index (χ0) is 5.98. The van der Waals surface area contributed by atoms with Crippen LogP contribution < -0.4 is 0 Å². The smallest absolute Gasteiger partial charge is 0.0627 e. The van der Waals surface area contributed by atoms with E-state index in [0.29, 0.717) is 6.04 Å². The van der Waals surface area contributed by atoms with Crippen molar-refractivity contribution in [3.8, 4) is 0 Å². The summed E-state index contributed by atoms with van der Waals surface area (Å²) in [6.45, 7) is 1.87. The molecule has 1 aromatic heterocycles. The first-order valence-corrected chi connectivity index (χ1v) is 2.18. The van der Waals surface area contributed by atoms with Crippen LogP contribution in [0.25, 0.3) is 0 Å². The first-order valence-electron chi connectivity index (χ1n) is 2.68. The van der Waals surface area contributed by atoms with Crippen LogP contribution in [0.15, 0.2) is 24.5 Å². The van der Waals surface area contributed by atoms with Crippen molar-refractivity contribution >= 4 is 0 Å². The van der Waals surface area contributed by atoms with Crippen molar-refractivity contribution in [3.05, 3.63) is 30.1 Å². The predicted octanol–water partition coefficient (Wildman–Crippen LogP) is 1.39. The van der Waals surface area contributed by atoms with Gasteiger partial charge < -0.3 is 0 Å². The molecule has 1 nitrogen and oxygen atoms in total. The van der Waals surface area contributed by atoms with Gasteiger partial charge >= 0.3 is 0 Å². The van der Waals surface area contributed by atoms with Crippen LogP contribution in [-0.2, 0) is 0 Å². The third-order valence-corrected chi connectivity index (χ3v) is 0.740. The van der Waals surface area contributed by atoms with Crippen molar-refractivity contribution in [1.29, 1.82) is 0 Å². The summed E-state index contributed by atoms with van der Waals surface area (Å²) < 4.78 is 7.18. The molecule has 0 aromatic carbocycles. The molecule has 0 N–H and O–H groups in total. The molecule has 0 atom stereocenters. The van der Waals surface area contributed by atoms with E-state index in [1.165, 1.54) is 0 Å². The molecule has 0 radical (unpaired) electrons. The minimum absolute atomic E-state index is 0.556. The van der Waals surface area contributed by atoms with Crippen molar-refractivity contribution in [3.63, 3.8) is 0 Å². The first-order chi connectivity index (χ1) is 3.80. The van der Waals surface area contributed by atoms with Crippen LogP contribution in [0.3, 0.4) is 0 Å². The average Bonchev–Trinajstić information content (AvgIpc) is 1.77. The van der Waals surface area contributed by atoms with E-state index in [9.17, 15) is 0 Å². The Morgan fingerprint density at radius 1 is 1.86 bits per heavy atom. The Kier molecular flexibility index (Phi) is 0.791. The molecule has 1 heterocycles. The van der Waals surface area contributed by atoms with E-state index in [1.54, 1.807) is 18.5 Å². The summed E-state index contributed by atoms with van der Waals surface area (Å²) in [5.41, 5.74) is 0.924. The summed E-state index contributed by atoms with van der Waals surface area (Å²) in [4.78, 5) is 3.83. The fourth-order valence-corrected chi connectivity index (χ4v) is 0.404. The normalized spacial score (nSPS) is 10.7. The van der Waals surface area contributed by atoms with Crippen LogP contribution in [0, 0.1) is 6.92 Å². The molecule has 1 aromatic rings. The average molecular weight is 94.1 g/mol. The Morgan fingerprint density at radius 3 is 3.14 bits per heavy atom. The Hall–Kier alpha value is -0.850. The van der Waals surface area contributed by atoms with E-state index in [0.717, 1.165) is 5.56 Å². The number of hydrogen-bond donors (Lipinski definition) is 0. The van der Waals surface area contributed by atoms with Gasteiger partial charge in [0.15, 0.2) is 0 Å². The molecule has 0 aliphatic rings. The number of aryl methyl sites for hydroxylation is 1. The predicted molar refractivity (Wildman–Crippen MR) is 29.0 cm³/mol. The van der Waals surface area contributed by atoms with Crippen LogP contribution >= 0.6 is 0 Å². The molecule has 0 saturated heterocycles. The highest BCUT2D eigenvalue weighted by Crippen LogP contribution is 1.88. The summed E-state index contributed by atoms with van der Waals surface area (Å²) in [5.74, 6) is 0. The molecule has 7 heavy (non-hydrogen) atoms. The quantitative estimate of drug-likeness (QED) is 0.473. The van der Waals surface area contributed by atoms with Gasteiger partial charge in [-0.3, -0.25) is 4.98 Å². The molecule has 0 spiro atoms. The molecule has 0 fully saturated rings.